The normalized spacial score (nSPS) is 18.9. The van der Waals surface area contributed by atoms with Crippen molar-refractivity contribution in [2.24, 2.45) is 11.3 Å². The summed E-state index contributed by atoms with van der Waals surface area (Å²) in [5, 5.41) is 21.9. The van der Waals surface area contributed by atoms with Gasteiger partial charge in [-0.25, -0.2) is 9.78 Å². The van der Waals surface area contributed by atoms with Gasteiger partial charge in [-0.3, -0.25) is 4.79 Å². The lowest BCUT2D eigenvalue weighted by Gasteiger charge is -2.07. The van der Waals surface area contributed by atoms with Crippen molar-refractivity contribution in [1.82, 2.24) is 10.3 Å². The lowest BCUT2D eigenvalue weighted by Crippen LogP contribution is -2.29. The molecular weight excluding hydrogens is 328 g/mol. The third kappa shape index (κ3) is 4.99. The summed E-state index contributed by atoms with van der Waals surface area (Å²) in [6, 6.07) is 3.23. The lowest BCUT2D eigenvalue weighted by atomic mass is 10.1. The van der Waals surface area contributed by atoms with E-state index >= 15 is 0 Å². The number of carbonyl (C=O) groups excluding carboxylic acids is 1. The number of aromatic hydroxyl groups is 1. The summed E-state index contributed by atoms with van der Waals surface area (Å²) < 4.78 is 0. The van der Waals surface area contributed by atoms with Crippen LogP contribution < -0.4 is 5.32 Å². The fourth-order valence-electron chi connectivity index (χ4n) is 2.32. The van der Waals surface area contributed by atoms with E-state index < -0.39 is 5.97 Å². The number of nitrogens with zero attached hydrogens (tertiary/aromatic N) is 1. The summed E-state index contributed by atoms with van der Waals surface area (Å²) in [6.45, 7) is 3.98. The summed E-state index contributed by atoms with van der Waals surface area (Å²) in [6.07, 6.45) is 5.17. The van der Waals surface area contributed by atoms with Crippen LogP contribution in [0.3, 0.4) is 0 Å². The Morgan fingerprint density at radius 3 is 2.79 bits per heavy atom. The van der Waals surface area contributed by atoms with Crippen molar-refractivity contribution >= 4 is 23.6 Å². The number of carboxylic acid groups (broad SMARTS) is 1. The van der Waals surface area contributed by atoms with Crippen LogP contribution in [0.2, 0.25) is 0 Å². The van der Waals surface area contributed by atoms with Crippen LogP contribution in [0.25, 0.3) is 0 Å². The van der Waals surface area contributed by atoms with Gasteiger partial charge in [-0.1, -0.05) is 19.9 Å². The van der Waals surface area contributed by atoms with Gasteiger partial charge in [0.05, 0.1) is 0 Å². The van der Waals surface area contributed by atoms with Gasteiger partial charge in [0, 0.05) is 12.1 Å². The summed E-state index contributed by atoms with van der Waals surface area (Å²) in [5.74, 6) is -0.623. The van der Waals surface area contributed by atoms with Crippen molar-refractivity contribution in [3.05, 3.63) is 30.1 Å². The first-order chi connectivity index (χ1) is 11.3. The average molecular weight is 350 g/mol. The third-order valence-electron chi connectivity index (χ3n) is 4.00. The molecule has 1 saturated carbocycles. The number of hydrogen-bond donors (Lipinski definition) is 3. The average Bonchev–Trinajstić information content (AvgIpc) is 3.16. The smallest absolute Gasteiger partial charge is 0.352 e. The number of nitrogens with one attached hydrogen (secondary N) is 1. The van der Waals surface area contributed by atoms with Crippen molar-refractivity contribution in [2.45, 2.75) is 38.1 Å². The van der Waals surface area contributed by atoms with E-state index in [4.69, 9.17) is 0 Å². The molecule has 0 bridgehead atoms. The van der Waals surface area contributed by atoms with Crippen LogP contribution >= 0.6 is 11.8 Å². The van der Waals surface area contributed by atoms with Crippen LogP contribution in [-0.2, 0) is 9.59 Å². The highest BCUT2D eigenvalue weighted by atomic mass is 32.2. The first-order valence-electron chi connectivity index (χ1n) is 7.82. The molecule has 1 unspecified atom stereocenters. The van der Waals surface area contributed by atoms with Gasteiger partial charge in [0.1, 0.15) is 16.5 Å². The predicted octanol–water partition coefficient (Wildman–Crippen LogP) is 2.79. The molecule has 3 N–H and O–H groups in total. The monoisotopic (exact) mass is 350 g/mol. The number of aliphatic carboxylic acids is 1. The Labute approximate surface area is 145 Å². The molecule has 1 aliphatic rings. The zero-order valence-corrected chi connectivity index (χ0v) is 14.6. The molecule has 0 aliphatic heterocycles. The topological polar surface area (TPSA) is 99.5 Å². The van der Waals surface area contributed by atoms with Crippen molar-refractivity contribution < 1.29 is 19.8 Å². The van der Waals surface area contributed by atoms with Gasteiger partial charge in [-0.05, 0) is 42.6 Å². The number of amides is 1. The maximum atomic E-state index is 12.0. The molecule has 1 aromatic heterocycles. The molecule has 6 nitrogen and oxygen atoms in total. The minimum Gasteiger partial charge on any atom is -0.505 e. The molecule has 0 radical (unpaired) electrons. The van der Waals surface area contributed by atoms with E-state index in [0.29, 0.717) is 23.6 Å². The number of rotatable bonds is 8. The van der Waals surface area contributed by atoms with E-state index in [0.717, 1.165) is 6.42 Å². The molecule has 0 spiro atoms. The first-order valence-corrected chi connectivity index (χ1v) is 8.81. The van der Waals surface area contributed by atoms with Crippen LogP contribution in [-0.4, -0.2) is 32.8 Å². The van der Waals surface area contributed by atoms with Crippen molar-refractivity contribution in [2.75, 3.05) is 5.75 Å². The molecule has 1 atom stereocenters. The molecule has 1 heterocycles. The zero-order valence-electron chi connectivity index (χ0n) is 13.8. The van der Waals surface area contributed by atoms with Gasteiger partial charge in [0.25, 0.3) is 0 Å². The van der Waals surface area contributed by atoms with Gasteiger partial charge in [-0.15, -0.1) is 11.8 Å². The van der Waals surface area contributed by atoms with Gasteiger partial charge in [0.15, 0.2) is 0 Å². The molecule has 0 aromatic carbocycles. The Morgan fingerprint density at radius 1 is 1.50 bits per heavy atom. The second-order valence-corrected chi connectivity index (χ2v) is 7.56. The molecule has 0 saturated heterocycles. The van der Waals surface area contributed by atoms with Crippen LogP contribution in [0.5, 0.6) is 5.75 Å². The SMILES string of the molecule is CC1(C)CC1C(=O)N/C(=C\CCCSc1ncccc1O)C(=O)O. The van der Waals surface area contributed by atoms with E-state index in [9.17, 15) is 19.8 Å². The van der Waals surface area contributed by atoms with E-state index in [2.05, 4.69) is 10.3 Å². The van der Waals surface area contributed by atoms with Crippen molar-refractivity contribution in [3.8, 4) is 5.75 Å². The molecule has 7 heteroatoms. The first kappa shape index (κ1) is 18.3. The zero-order chi connectivity index (χ0) is 17.7. The Balaban J connectivity index is 1.78. The number of hydrogen-bond acceptors (Lipinski definition) is 5. The number of pyridine rings is 1. The Kier molecular flexibility index (Phi) is 5.88. The number of allylic oxidation sites excluding steroid dienone is 1. The number of thioether (sulfide) groups is 1. The van der Waals surface area contributed by atoms with Gasteiger partial charge in [-0.2, -0.15) is 0 Å². The highest BCUT2D eigenvalue weighted by molar-refractivity contribution is 7.99. The standard InChI is InChI=1S/C17H22N2O4S/c1-17(2)10-11(17)14(21)19-12(16(22)23)6-3-4-9-24-15-13(20)7-5-8-18-15/h5-8,11,20H,3-4,9-10H2,1-2H3,(H,19,21)(H,22,23)/b12-6-. The maximum Gasteiger partial charge on any atom is 0.352 e. The lowest BCUT2D eigenvalue weighted by molar-refractivity contribution is -0.135. The minimum absolute atomic E-state index is 0.0327. The fourth-order valence-corrected chi connectivity index (χ4v) is 3.17. The fraction of sp³-hybridized carbons (Fsp3) is 0.471. The Morgan fingerprint density at radius 2 is 2.21 bits per heavy atom. The molecule has 24 heavy (non-hydrogen) atoms. The van der Waals surface area contributed by atoms with Gasteiger partial charge >= 0.3 is 5.97 Å². The largest absolute Gasteiger partial charge is 0.505 e. The van der Waals surface area contributed by atoms with Crippen molar-refractivity contribution in [3.63, 3.8) is 0 Å². The van der Waals surface area contributed by atoms with E-state index in [1.165, 1.54) is 17.8 Å². The van der Waals surface area contributed by atoms with Crippen LogP contribution in [0, 0.1) is 11.3 Å². The predicted molar refractivity (Wildman–Crippen MR) is 91.6 cm³/mol. The number of carboxylic acids is 1. The molecule has 130 valence electrons. The summed E-state index contributed by atoms with van der Waals surface area (Å²) in [4.78, 5) is 27.3. The highest BCUT2D eigenvalue weighted by Gasteiger charge is 2.50. The molecule has 1 amide bonds. The number of aromatic nitrogens is 1. The summed E-state index contributed by atoms with van der Waals surface area (Å²) in [7, 11) is 0. The molecule has 1 aromatic rings. The third-order valence-corrected chi connectivity index (χ3v) is 5.09. The van der Waals surface area contributed by atoms with Crippen LogP contribution in [0.1, 0.15) is 33.1 Å². The molecule has 1 fully saturated rings. The van der Waals surface area contributed by atoms with Crippen molar-refractivity contribution in [1.29, 1.82) is 0 Å². The van der Waals surface area contributed by atoms with Crippen LogP contribution in [0.4, 0.5) is 0 Å². The number of carbonyl (C=O) groups is 2. The highest BCUT2D eigenvalue weighted by Crippen LogP contribution is 2.51. The van der Waals surface area contributed by atoms with Gasteiger partial charge in [0.2, 0.25) is 5.91 Å². The Hall–Kier alpha value is -2.02. The second kappa shape index (κ2) is 7.70. The van der Waals surface area contributed by atoms with E-state index in [1.807, 2.05) is 13.8 Å². The van der Waals surface area contributed by atoms with Gasteiger partial charge < -0.3 is 15.5 Å². The minimum atomic E-state index is -1.13. The second-order valence-electron chi connectivity index (χ2n) is 6.48. The molecule has 2 rings (SSSR count). The van der Waals surface area contributed by atoms with E-state index in [-0.39, 0.29) is 28.7 Å². The van der Waals surface area contributed by atoms with E-state index in [1.54, 1.807) is 18.3 Å². The summed E-state index contributed by atoms with van der Waals surface area (Å²) in [5.41, 5.74) is -0.0944. The molecule has 1 aliphatic carbocycles. The number of unbranched alkanes of at least 4 members (excludes halogenated alkanes) is 1. The van der Waals surface area contributed by atoms with Crippen LogP contribution in [0.15, 0.2) is 35.1 Å². The Bertz CT molecular complexity index is 658. The maximum absolute atomic E-state index is 12.0. The quantitative estimate of drug-likeness (QED) is 0.379. The molecular formula is C17H22N2O4S. The summed E-state index contributed by atoms with van der Waals surface area (Å²) >= 11 is 1.41.